The zero-order valence-electron chi connectivity index (χ0n) is 18.6. The first-order chi connectivity index (χ1) is 15.3. The van der Waals surface area contributed by atoms with Crippen molar-refractivity contribution in [2.45, 2.75) is 50.3 Å². The molecule has 0 bridgehead atoms. The Labute approximate surface area is 189 Å². The summed E-state index contributed by atoms with van der Waals surface area (Å²) in [7, 11) is -2.55. The number of methoxy groups -OCH3 is 1. The van der Waals surface area contributed by atoms with Crippen LogP contribution in [0.2, 0.25) is 0 Å². The van der Waals surface area contributed by atoms with Gasteiger partial charge in [0.25, 0.3) is 0 Å². The lowest BCUT2D eigenvalue weighted by atomic mass is 10.1. The van der Waals surface area contributed by atoms with E-state index >= 15 is 0 Å². The number of carbonyl (C=O) groups excluding carboxylic acids is 1. The lowest BCUT2D eigenvalue weighted by Crippen LogP contribution is -2.45. The Kier molecular flexibility index (Phi) is 7.98. The zero-order chi connectivity index (χ0) is 23.1. The fourth-order valence-electron chi connectivity index (χ4n) is 3.42. The number of benzene rings is 2. The first-order valence-corrected chi connectivity index (χ1v) is 12.0. The van der Waals surface area contributed by atoms with Gasteiger partial charge in [-0.3, -0.25) is 0 Å². The molecule has 1 saturated heterocycles. The summed E-state index contributed by atoms with van der Waals surface area (Å²) in [5.74, 6) is 0.725. The molecule has 1 aliphatic rings. The summed E-state index contributed by atoms with van der Waals surface area (Å²) in [6.45, 7) is 5.07. The van der Waals surface area contributed by atoms with Crippen molar-refractivity contribution in [3.8, 4) is 11.5 Å². The van der Waals surface area contributed by atoms with Gasteiger partial charge < -0.3 is 23.9 Å². The first-order valence-electron chi connectivity index (χ1n) is 10.6. The molecule has 0 saturated carbocycles. The third kappa shape index (κ3) is 6.37. The van der Waals surface area contributed by atoms with Gasteiger partial charge >= 0.3 is 16.1 Å². The van der Waals surface area contributed by atoms with Crippen LogP contribution < -0.4 is 14.2 Å². The van der Waals surface area contributed by atoms with Crippen molar-refractivity contribution in [3.05, 3.63) is 54.1 Å². The number of carbonyl (C=O) groups is 1. The summed E-state index contributed by atoms with van der Waals surface area (Å²) in [6, 6.07) is 12.5. The molecule has 1 heterocycles. The van der Waals surface area contributed by atoms with Crippen LogP contribution in [0.4, 0.5) is 4.79 Å². The van der Waals surface area contributed by atoms with E-state index in [1.165, 1.54) is 19.2 Å². The van der Waals surface area contributed by atoms with Crippen LogP contribution in [0.15, 0.2) is 53.4 Å². The molecule has 1 atom stereocenters. The molecular weight excluding hydrogens is 432 g/mol. The molecule has 2 amide bonds. The molecule has 0 radical (unpaired) electrons. The van der Waals surface area contributed by atoms with Gasteiger partial charge in [-0.05, 0) is 57.0 Å². The average molecular weight is 463 g/mol. The molecule has 9 heteroatoms. The van der Waals surface area contributed by atoms with Crippen molar-refractivity contribution >= 4 is 16.1 Å². The average Bonchev–Trinajstić information content (AvgIpc) is 3.27. The van der Waals surface area contributed by atoms with E-state index in [0.29, 0.717) is 24.5 Å². The molecule has 2 aromatic rings. The highest BCUT2D eigenvalue weighted by atomic mass is 32.2. The van der Waals surface area contributed by atoms with E-state index in [0.717, 1.165) is 12.8 Å². The molecule has 1 N–H and O–H groups in total. The van der Waals surface area contributed by atoms with Crippen molar-refractivity contribution in [2.75, 3.05) is 20.3 Å². The van der Waals surface area contributed by atoms with Gasteiger partial charge in [-0.2, -0.15) is 8.42 Å². The number of nitrogens with one attached hydrogen (secondary N) is 1. The summed E-state index contributed by atoms with van der Waals surface area (Å²) in [5, 5.41) is 2.90. The number of rotatable bonds is 9. The lowest BCUT2D eigenvalue weighted by Gasteiger charge is -2.27. The largest absolute Gasteiger partial charge is 0.497 e. The van der Waals surface area contributed by atoms with Gasteiger partial charge in [0.1, 0.15) is 16.4 Å². The summed E-state index contributed by atoms with van der Waals surface area (Å²) < 4.78 is 41.9. The monoisotopic (exact) mass is 462 g/mol. The number of ether oxygens (including phenoxy) is 2. The highest BCUT2D eigenvalue weighted by Gasteiger charge is 2.25. The molecule has 174 valence electrons. The lowest BCUT2D eigenvalue weighted by molar-refractivity contribution is 0.0790. The Morgan fingerprint density at radius 1 is 1.19 bits per heavy atom. The van der Waals surface area contributed by atoms with Crippen LogP contribution in [0.1, 0.15) is 32.3 Å². The summed E-state index contributed by atoms with van der Waals surface area (Å²) in [6.07, 6.45) is 1.81. The minimum atomic E-state index is -4.06. The van der Waals surface area contributed by atoms with Crippen molar-refractivity contribution in [2.24, 2.45) is 0 Å². The summed E-state index contributed by atoms with van der Waals surface area (Å²) in [5.41, 5.74) is 0.585. The van der Waals surface area contributed by atoms with Gasteiger partial charge in [-0.1, -0.05) is 18.2 Å². The van der Waals surface area contributed by atoms with Crippen LogP contribution in [-0.2, 0) is 21.4 Å². The van der Waals surface area contributed by atoms with Crippen molar-refractivity contribution in [1.29, 1.82) is 0 Å². The van der Waals surface area contributed by atoms with E-state index in [1.54, 1.807) is 41.3 Å². The van der Waals surface area contributed by atoms with E-state index < -0.39 is 10.1 Å². The Balaban J connectivity index is 1.81. The van der Waals surface area contributed by atoms with Crippen molar-refractivity contribution in [1.82, 2.24) is 10.2 Å². The second-order valence-electron chi connectivity index (χ2n) is 7.94. The zero-order valence-corrected chi connectivity index (χ0v) is 19.4. The summed E-state index contributed by atoms with van der Waals surface area (Å²) >= 11 is 0. The van der Waals surface area contributed by atoms with Crippen molar-refractivity contribution < 1.29 is 26.9 Å². The first kappa shape index (κ1) is 23.9. The van der Waals surface area contributed by atoms with Crippen LogP contribution in [0.5, 0.6) is 11.5 Å². The van der Waals surface area contributed by atoms with Crippen LogP contribution >= 0.6 is 0 Å². The number of urea groups is 1. The van der Waals surface area contributed by atoms with Gasteiger partial charge in [-0.25, -0.2) is 4.79 Å². The number of hydrogen-bond acceptors (Lipinski definition) is 6. The fourth-order valence-corrected chi connectivity index (χ4v) is 4.39. The minimum absolute atomic E-state index is 0.0156. The highest BCUT2D eigenvalue weighted by molar-refractivity contribution is 7.87. The molecule has 0 aromatic heterocycles. The van der Waals surface area contributed by atoms with E-state index in [-0.39, 0.29) is 35.4 Å². The normalized spacial score (nSPS) is 16.1. The van der Waals surface area contributed by atoms with Crippen molar-refractivity contribution in [3.63, 3.8) is 0 Å². The molecule has 0 unspecified atom stereocenters. The second-order valence-corrected chi connectivity index (χ2v) is 9.49. The predicted molar refractivity (Wildman–Crippen MR) is 120 cm³/mol. The van der Waals surface area contributed by atoms with Gasteiger partial charge in [0.2, 0.25) is 0 Å². The van der Waals surface area contributed by atoms with Crippen LogP contribution in [0.25, 0.3) is 0 Å². The SMILES string of the molecule is COc1ccc(S(=O)(=O)Oc2ccccc2CN(C[C@@H]2CCCO2)C(=O)NC(C)C)cc1. The summed E-state index contributed by atoms with van der Waals surface area (Å²) in [4.78, 5) is 14.5. The predicted octanol–water partition coefficient (Wildman–Crippen LogP) is 3.56. The minimum Gasteiger partial charge on any atom is -0.497 e. The molecule has 1 fully saturated rings. The van der Waals surface area contributed by atoms with Gasteiger partial charge in [0.15, 0.2) is 0 Å². The number of amides is 2. The number of hydrogen-bond donors (Lipinski definition) is 1. The third-order valence-corrected chi connectivity index (χ3v) is 6.28. The molecular formula is C23H30N2O6S. The molecule has 1 aliphatic heterocycles. The van der Waals surface area contributed by atoms with E-state index in [1.807, 2.05) is 13.8 Å². The molecule has 32 heavy (non-hydrogen) atoms. The van der Waals surface area contributed by atoms with E-state index in [9.17, 15) is 13.2 Å². The van der Waals surface area contributed by atoms with E-state index in [4.69, 9.17) is 13.7 Å². The molecule has 2 aromatic carbocycles. The Morgan fingerprint density at radius 2 is 1.91 bits per heavy atom. The molecule has 3 rings (SSSR count). The third-order valence-electron chi connectivity index (χ3n) is 5.03. The molecule has 0 spiro atoms. The standard InChI is InChI=1S/C23H30N2O6S/c1-17(2)24-23(26)25(16-20-8-6-14-30-20)15-18-7-4-5-9-22(18)31-32(27,28)21-12-10-19(29-3)11-13-21/h4-5,7,9-13,17,20H,6,8,14-16H2,1-3H3,(H,24,26)/t20-/m0/s1. The topological polar surface area (TPSA) is 94.2 Å². The highest BCUT2D eigenvalue weighted by Crippen LogP contribution is 2.26. The Hall–Kier alpha value is -2.78. The Bertz CT molecular complexity index is 1000. The molecule has 0 aliphatic carbocycles. The van der Waals surface area contributed by atoms with Crippen LogP contribution in [-0.4, -0.2) is 51.8 Å². The second kappa shape index (κ2) is 10.7. The van der Waals surface area contributed by atoms with E-state index in [2.05, 4.69) is 5.32 Å². The fraction of sp³-hybridized carbons (Fsp3) is 0.435. The van der Waals surface area contributed by atoms with Crippen LogP contribution in [0.3, 0.4) is 0 Å². The van der Waals surface area contributed by atoms with Gasteiger partial charge in [-0.15, -0.1) is 0 Å². The number of nitrogens with zero attached hydrogens (tertiary/aromatic N) is 1. The maximum Gasteiger partial charge on any atom is 0.339 e. The van der Waals surface area contributed by atoms with Gasteiger partial charge in [0, 0.05) is 24.8 Å². The quantitative estimate of drug-likeness (QED) is 0.573. The van der Waals surface area contributed by atoms with Crippen LogP contribution in [0, 0.1) is 0 Å². The maximum absolute atomic E-state index is 12.8. The van der Waals surface area contributed by atoms with Gasteiger partial charge in [0.05, 0.1) is 19.8 Å². The molecule has 8 nitrogen and oxygen atoms in total. The Morgan fingerprint density at radius 3 is 2.53 bits per heavy atom. The maximum atomic E-state index is 12.8. The number of para-hydroxylation sites is 1. The smallest absolute Gasteiger partial charge is 0.339 e.